The topological polar surface area (TPSA) is 74.2 Å². The Kier molecular flexibility index (Phi) is 10.8. The SMILES string of the molecule is CCc1cccc(CNC[C@H](O)C(Cc2cc(F)cc(F)c2)NC(=O)c2cccc(SCc3ccncc3)c2)c1. The third-order valence-corrected chi connectivity index (χ3v) is 7.56. The van der Waals surface area contributed by atoms with E-state index in [0.717, 1.165) is 34.3 Å². The standard InChI is InChI=1S/C32H33F2N3O2S/c1-2-22-5-3-6-24(13-22)19-36-20-31(38)30(16-25-14-27(33)18-28(34)15-25)37-32(39)26-7-4-8-29(17-26)40-21-23-9-11-35-12-10-23/h3-15,17-18,30-31,36,38H,2,16,19-21H2,1H3,(H,37,39)/t30?,31-/m0/s1. The van der Waals surface area contributed by atoms with Gasteiger partial charge < -0.3 is 15.7 Å². The lowest BCUT2D eigenvalue weighted by Gasteiger charge is -2.25. The van der Waals surface area contributed by atoms with Crippen molar-refractivity contribution < 1.29 is 18.7 Å². The minimum absolute atomic E-state index is 0.0606. The van der Waals surface area contributed by atoms with E-state index < -0.39 is 23.8 Å². The van der Waals surface area contributed by atoms with Crippen molar-refractivity contribution in [3.05, 3.63) is 131 Å². The normalized spacial score (nSPS) is 12.6. The lowest BCUT2D eigenvalue weighted by atomic mass is 10.00. The summed E-state index contributed by atoms with van der Waals surface area (Å²) in [5.74, 6) is -1.06. The number of nitrogens with zero attached hydrogens (tertiary/aromatic N) is 1. The molecule has 0 radical (unpaired) electrons. The molecule has 1 aromatic heterocycles. The molecule has 0 aliphatic heterocycles. The first-order valence-corrected chi connectivity index (χ1v) is 14.2. The zero-order chi connectivity index (χ0) is 28.3. The molecule has 4 aromatic rings. The Labute approximate surface area is 238 Å². The highest BCUT2D eigenvalue weighted by Gasteiger charge is 2.23. The van der Waals surface area contributed by atoms with Crippen LogP contribution in [0.25, 0.3) is 0 Å². The molecule has 0 aliphatic carbocycles. The maximum absolute atomic E-state index is 13.9. The Morgan fingerprint density at radius 3 is 2.38 bits per heavy atom. The number of hydrogen-bond donors (Lipinski definition) is 3. The summed E-state index contributed by atoms with van der Waals surface area (Å²) in [6.07, 6.45) is 3.47. The minimum Gasteiger partial charge on any atom is -0.390 e. The molecular weight excluding hydrogens is 528 g/mol. The molecule has 0 bridgehead atoms. The van der Waals surface area contributed by atoms with Gasteiger partial charge in [0, 0.05) is 47.8 Å². The van der Waals surface area contributed by atoms with Crippen molar-refractivity contribution in [1.29, 1.82) is 0 Å². The van der Waals surface area contributed by atoms with E-state index in [2.05, 4.69) is 34.7 Å². The van der Waals surface area contributed by atoms with Gasteiger partial charge in [-0.1, -0.05) is 37.3 Å². The number of amides is 1. The van der Waals surface area contributed by atoms with Crippen LogP contribution in [0.2, 0.25) is 0 Å². The maximum Gasteiger partial charge on any atom is 0.251 e. The number of thioether (sulfide) groups is 1. The molecule has 0 saturated heterocycles. The molecule has 1 amide bonds. The summed E-state index contributed by atoms with van der Waals surface area (Å²) in [6.45, 7) is 2.81. The molecule has 0 saturated carbocycles. The third kappa shape index (κ3) is 8.98. The number of halogens is 2. The van der Waals surface area contributed by atoms with Crippen LogP contribution in [-0.2, 0) is 25.1 Å². The molecule has 1 unspecified atom stereocenters. The predicted octanol–water partition coefficient (Wildman–Crippen LogP) is 5.71. The lowest BCUT2D eigenvalue weighted by Crippen LogP contribution is -2.48. The van der Waals surface area contributed by atoms with Crippen LogP contribution in [-0.4, -0.2) is 34.7 Å². The third-order valence-electron chi connectivity index (χ3n) is 6.49. The maximum atomic E-state index is 13.9. The van der Waals surface area contributed by atoms with Crippen LogP contribution >= 0.6 is 11.8 Å². The summed E-state index contributed by atoms with van der Waals surface area (Å²) < 4.78 is 27.8. The molecule has 3 N–H and O–H groups in total. The van der Waals surface area contributed by atoms with Crippen molar-refractivity contribution in [3.8, 4) is 0 Å². The monoisotopic (exact) mass is 561 g/mol. The fourth-order valence-electron chi connectivity index (χ4n) is 4.36. The molecule has 4 rings (SSSR count). The van der Waals surface area contributed by atoms with E-state index in [0.29, 0.717) is 17.7 Å². The average molecular weight is 562 g/mol. The van der Waals surface area contributed by atoms with Gasteiger partial charge in [0.25, 0.3) is 5.91 Å². The van der Waals surface area contributed by atoms with Gasteiger partial charge in [0.05, 0.1) is 12.1 Å². The van der Waals surface area contributed by atoms with Crippen LogP contribution in [0.5, 0.6) is 0 Å². The molecule has 8 heteroatoms. The van der Waals surface area contributed by atoms with Crippen LogP contribution in [0.15, 0.2) is 96.2 Å². The fourth-order valence-corrected chi connectivity index (χ4v) is 5.27. The van der Waals surface area contributed by atoms with Crippen molar-refractivity contribution >= 4 is 17.7 Å². The van der Waals surface area contributed by atoms with E-state index in [-0.39, 0.29) is 18.9 Å². The molecule has 0 spiro atoms. The van der Waals surface area contributed by atoms with Crippen LogP contribution in [0.3, 0.4) is 0 Å². The molecule has 0 fully saturated rings. The first kappa shape index (κ1) is 29.4. The van der Waals surface area contributed by atoms with Crippen molar-refractivity contribution in [1.82, 2.24) is 15.6 Å². The number of carbonyl (C=O) groups excluding carboxylic acids is 1. The predicted molar refractivity (Wildman–Crippen MR) is 155 cm³/mol. The molecule has 1 heterocycles. The van der Waals surface area contributed by atoms with Gasteiger partial charge in [0.2, 0.25) is 0 Å². The lowest BCUT2D eigenvalue weighted by molar-refractivity contribution is 0.0829. The highest BCUT2D eigenvalue weighted by molar-refractivity contribution is 7.98. The average Bonchev–Trinajstić information content (AvgIpc) is 2.96. The number of benzene rings is 3. The highest BCUT2D eigenvalue weighted by Crippen LogP contribution is 2.23. The summed E-state index contributed by atoms with van der Waals surface area (Å²) in [7, 11) is 0. The van der Waals surface area contributed by atoms with Crippen molar-refractivity contribution in [3.63, 3.8) is 0 Å². The van der Waals surface area contributed by atoms with Gasteiger partial charge in [0.15, 0.2) is 0 Å². The number of nitrogens with one attached hydrogen (secondary N) is 2. The largest absolute Gasteiger partial charge is 0.390 e. The number of aliphatic hydroxyl groups excluding tert-OH is 1. The molecular formula is C32H33F2N3O2S. The van der Waals surface area contributed by atoms with Gasteiger partial charge in [-0.15, -0.1) is 11.8 Å². The second-order valence-corrected chi connectivity index (χ2v) is 10.7. The summed E-state index contributed by atoms with van der Waals surface area (Å²) >= 11 is 1.60. The summed E-state index contributed by atoms with van der Waals surface area (Å²) in [4.78, 5) is 18.2. The fraction of sp³-hybridized carbons (Fsp3) is 0.250. The second kappa shape index (κ2) is 14.7. The summed E-state index contributed by atoms with van der Waals surface area (Å²) in [5, 5.41) is 17.2. The van der Waals surface area contributed by atoms with Gasteiger partial charge in [-0.25, -0.2) is 8.78 Å². The van der Waals surface area contributed by atoms with Crippen LogP contribution in [0, 0.1) is 11.6 Å². The quantitative estimate of drug-likeness (QED) is 0.183. The van der Waals surface area contributed by atoms with E-state index in [1.807, 2.05) is 36.4 Å². The van der Waals surface area contributed by atoms with Crippen molar-refractivity contribution in [2.75, 3.05) is 6.54 Å². The Morgan fingerprint density at radius 2 is 1.62 bits per heavy atom. The van der Waals surface area contributed by atoms with Gasteiger partial charge in [-0.3, -0.25) is 9.78 Å². The number of aryl methyl sites for hydroxylation is 1. The number of pyridine rings is 1. The van der Waals surface area contributed by atoms with Crippen molar-refractivity contribution in [2.45, 2.75) is 49.1 Å². The molecule has 40 heavy (non-hydrogen) atoms. The Balaban J connectivity index is 1.44. The van der Waals surface area contributed by atoms with Crippen LogP contribution in [0.4, 0.5) is 8.78 Å². The number of carbonyl (C=O) groups is 1. The molecule has 208 valence electrons. The molecule has 2 atom stereocenters. The first-order valence-electron chi connectivity index (χ1n) is 13.2. The zero-order valence-electron chi connectivity index (χ0n) is 22.3. The molecule has 3 aromatic carbocycles. The van der Waals surface area contributed by atoms with Gasteiger partial charge in [-0.2, -0.15) is 0 Å². The van der Waals surface area contributed by atoms with Crippen LogP contribution < -0.4 is 10.6 Å². The van der Waals surface area contributed by atoms with Crippen molar-refractivity contribution in [2.24, 2.45) is 0 Å². The number of aliphatic hydroxyl groups is 1. The smallest absolute Gasteiger partial charge is 0.251 e. The Hall–Kier alpha value is -3.59. The summed E-state index contributed by atoms with van der Waals surface area (Å²) in [5.41, 5.74) is 4.21. The van der Waals surface area contributed by atoms with Crippen LogP contribution in [0.1, 0.15) is 39.5 Å². The van der Waals surface area contributed by atoms with E-state index in [9.17, 15) is 18.7 Å². The van der Waals surface area contributed by atoms with E-state index in [4.69, 9.17) is 0 Å². The highest BCUT2D eigenvalue weighted by atomic mass is 32.2. The van der Waals surface area contributed by atoms with Gasteiger partial charge in [0.1, 0.15) is 11.6 Å². The molecule has 5 nitrogen and oxygen atoms in total. The van der Waals surface area contributed by atoms with E-state index in [1.54, 1.807) is 36.3 Å². The van der Waals surface area contributed by atoms with Gasteiger partial charge >= 0.3 is 0 Å². The molecule has 0 aliphatic rings. The van der Waals surface area contributed by atoms with Gasteiger partial charge in [-0.05, 0) is 77.6 Å². The van der Waals surface area contributed by atoms with E-state index in [1.165, 1.54) is 17.7 Å². The second-order valence-electron chi connectivity index (χ2n) is 9.61. The first-order chi connectivity index (χ1) is 19.4. The minimum atomic E-state index is -1.01. The van der Waals surface area contributed by atoms with E-state index >= 15 is 0 Å². The Bertz CT molecular complexity index is 1380. The number of rotatable bonds is 13. The number of aromatic nitrogens is 1. The number of hydrogen-bond acceptors (Lipinski definition) is 5. The summed E-state index contributed by atoms with van der Waals surface area (Å²) in [6, 6.07) is 21.8. The Morgan fingerprint density at radius 1 is 0.900 bits per heavy atom. The zero-order valence-corrected chi connectivity index (χ0v) is 23.1.